The summed E-state index contributed by atoms with van der Waals surface area (Å²) < 4.78 is 47.7. The Morgan fingerprint density at radius 1 is 1.08 bits per heavy atom. The van der Waals surface area contributed by atoms with Crippen molar-refractivity contribution in [3.8, 4) is 0 Å². The molecule has 0 aliphatic heterocycles. The predicted octanol–water partition coefficient (Wildman–Crippen LogP) is 3.04. The lowest BCUT2D eigenvalue weighted by atomic mass is 10.1. The Labute approximate surface area is 163 Å². The van der Waals surface area contributed by atoms with Gasteiger partial charge in [0.1, 0.15) is 0 Å². The van der Waals surface area contributed by atoms with Crippen LogP contribution in [0.1, 0.15) is 17.5 Å². The number of hydrogen-bond donors (Lipinski definition) is 2. The molecule has 0 aromatic heterocycles. The second-order valence-corrected chi connectivity index (χ2v) is 5.01. The van der Waals surface area contributed by atoms with Gasteiger partial charge in [0.05, 0.1) is 18.8 Å². The molecule has 0 saturated carbocycles. The number of nitrogens with one attached hydrogen (secondary N) is 2. The van der Waals surface area contributed by atoms with Crippen molar-refractivity contribution in [1.29, 1.82) is 0 Å². The molecular formula is C16H25F3IN3O2. The summed E-state index contributed by atoms with van der Waals surface area (Å²) in [4.78, 5) is 4.06. The van der Waals surface area contributed by atoms with E-state index in [0.29, 0.717) is 38.9 Å². The molecule has 0 fully saturated rings. The first-order valence-electron chi connectivity index (χ1n) is 7.64. The molecule has 5 nitrogen and oxygen atoms in total. The van der Waals surface area contributed by atoms with Gasteiger partial charge in [-0.15, -0.1) is 24.0 Å². The number of alkyl halides is 3. The van der Waals surface area contributed by atoms with E-state index >= 15 is 0 Å². The van der Waals surface area contributed by atoms with Crippen molar-refractivity contribution in [2.45, 2.75) is 19.1 Å². The van der Waals surface area contributed by atoms with E-state index in [1.165, 1.54) is 12.1 Å². The van der Waals surface area contributed by atoms with Crippen LogP contribution in [0.2, 0.25) is 0 Å². The Balaban J connectivity index is 0.00000576. The molecule has 0 unspecified atom stereocenters. The van der Waals surface area contributed by atoms with Gasteiger partial charge in [-0.25, -0.2) is 0 Å². The Morgan fingerprint density at radius 3 is 2.32 bits per heavy atom. The third-order valence-corrected chi connectivity index (χ3v) is 3.15. The van der Waals surface area contributed by atoms with E-state index in [2.05, 4.69) is 15.6 Å². The zero-order chi connectivity index (χ0) is 17.8. The van der Waals surface area contributed by atoms with Crippen LogP contribution in [0.15, 0.2) is 29.3 Å². The van der Waals surface area contributed by atoms with Crippen molar-refractivity contribution in [3.05, 3.63) is 35.4 Å². The zero-order valence-corrected chi connectivity index (χ0v) is 16.7. The number of ether oxygens (including phenoxy) is 2. The lowest BCUT2D eigenvalue weighted by Crippen LogP contribution is -2.37. The smallest absolute Gasteiger partial charge is 0.382 e. The first kappa shape index (κ1) is 23.9. The number of nitrogens with zero attached hydrogens (tertiary/aromatic N) is 1. The molecular weight excluding hydrogens is 450 g/mol. The van der Waals surface area contributed by atoms with Gasteiger partial charge < -0.3 is 20.1 Å². The third kappa shape index (κ3) is 10.5. The molecule has 0 spiro atoms. The number of methoxy groups -OCH3 is 1. The average molecular weight is 475 g/mol. The molecule has 0 atom stereocenters. The van der Waals surface area contributed by atoms with Gasteiger partial charge in [-0.1, -0.05) is 12.1 Å². The monoisotopic (exact) mass is 475 g/mol. The molecule has 0 heterocycles. The Morgan fingerprint density at radius 2 is 1.76 bits per heavy atom. The first-order valence-corrected chi connectivity index (χ1v) is 7.64. The van der Waals surface area contributed by atoms with Crippen LogP contribution in [0.4, 0.5) is 13.2 Å². The molecule has 25 heavy (non-hydrogen) atoms. The SMILES string of the molecule is CN=C(NCCCOCCOC)NCc1ccc(C(F)(F)F)cc1.I. The first-order chi connectivity index (χ1) is 11.5. The van der Waals surface area contributed by atoms with Crippen molar-refractivity contribution in [2.24, 2.45) is 4.99 Å². The highest BCUT2D eigenvalue weighted by Gasteiger charge is 2.29. The fourth-order valence-corrected chi connectivity index (χ4v) is 1.84. The molecule has 1 aromatic rings. The molecule has 9 heteroatoms. The molecule has 0 radical (unpaired) electrons. The minimum Gasteiger partial charge on any atom is -0.382 e. The molecule has 1 rings (SSSR count). The summed E-state index contributed by atoms with van der Waals surface area (Å²) in [5, 5.41) is 6.17. The second-order valence-electron chi connectivity index (χ2n) is 5.01. The van der Waals surface area contributed by atoms with E-state index in [4.69, 9.17) is 9.47 Å². The third-order valence-electron chi connectivity index (χ3n) is 3.15. The number of benzene rings is 1. The Bertz CT molecular complexity index is 496. The average Bonchev–Trinajstić information content (AvgIpc) is 2.56. The fraction of sp³-hybridized carbons (Fsp3) is 0.562. The van der Waals surface area contributed by atoms with Gasteiger partial charge in [-0.3, -0.25) is 4.99 Å². The molecule has 2 N–H and O–H groups in total. The fourth-order valence-electron chi connectivity index (χ4n) is 1.84. The van der Waals surface area contributed by atoms with E-state index in [1.807, 2.05) is 0 Å². The van der Waals surface area contributed by atoms with Gasteiger partial charge in [-0.05, 0) is 24.1 Å². The summed E-state index contributed by atoms with van der Waals surface area (Å²) in [6.45, 7) is 2.83. The van der Waals surface area contributed by atoms with E-state index in [0.717, 1.165) is 24.1 Å². The van der Waals surface area contributed by atoms with Gasteiger partial charge in [0, 0.05) is 33.9 Å². The maximum absolute atomic E-state index is 12.5. The molecule has 0 amide bonds. The van der Waals surface area contributed by atoms with E-state index in [-0.39, 0.29) is 24.0 Å². The van der Waals surface area contributed by atoms with E-state index in [9.17, 15) is 13.2 Å². The van der Waals surface area contributed by atoms with Crippen molar-refractivity contribution in [2.75, 3.05) is 40.5 Å². The van der Waals surface area contributed by atoms with Crippen LogP contribution in [-0.2, 0) is 22.2 Å². The normalized spacial score (nSPS) is 11.8. The Hall–Kier alpha value is -1.07. The summed E-state index contributed by atoms with van der Waals surface area (Å²) in [7, 11) is 3.26. The summed E-state index contributed by atoms with van der Waals surface area (Å²) in [6, 6.07) is 5.05. The molecule has 0 saturated heterocycles. The molecule has 144 valence electrons. The standard InChI is InChI=1S/C16H24F3N3O2.HI/c1-20-15(21-8-3-9-24-11-10-23-2)22-12-13-4-6-14(7-5-13)16(17,18)19;/h4-7H,3,8-12H2,1-2H3,(H2,20,21,22);1H. The molecule has 0 aliphatic carbocycles. The topological polar surface area (TPSA) is 54.9 Å². The summed E-state index contributed by atoms with van der Waals surface area (Å²) in [5.41, 5.74) is 0.0936. The number of hydrogen-bond acceptors (Lipinski definition) is 3. The van der Waals surface area contributed by atoms with Crippen molar-refractivity contribution in [1.82, 2.24) is 10.6 Å². The highest BCUT2D eigenvalue weighted by molar-refractivity contribution is 14.0. The Kier molecular flexibility index (Phi) is 12.6. The molecule has 0 bridgehead atoms. The van der Waals surface area contributed by atoms with Crippen molar-refractivity contribution in [3.63, 3.8) is 0 Å². The zero-order valence-electron chi connectivity index (χ0n) is 14.4. The number of halogens is 4. The summed E-state index contributed by atoms with van der Waals surface area (Å²) in [5.74, 6) is 0.590. The van der Waals surface area contributed by atoms with Gasteiger partial charge in [0.15, 0.2) is 5.96 Å². The lowest BCUT2D eigenvalue weighted by molar-refractivity contribution is -0.137. The molecule has 1 aromatic carbocycles. The lowest BCUT2D eigenvalue weighted by Gasteiger charge is -2.13. The van der Waals surface area contributed by atoms with Crippen LogP contribution < -0.4 is 10.6 Å². The summed E-state index contributed by atoms with van der Waals surface area (Å²) >= 11 is 0. The number of aliphatic imine (C=N–C) groups is 1. The van der Waals surface area contributed by atoms with Crippen LogP contribution in [0.3, 0.4) is 0 Å². The minimum atomic E-state index is -4.31. The van der Waals surface area contributed by atoms with Crippen LogP contribution in [0, 0.1) is 0 Å². The minimum absolute atomic E-state index is 0. The summed E-state index contributed by atoms with van der Waals surface area (Å²) in [6.07, 6.45) is -3.50. The number of rotatable bonds is 9. The maximum atomic E-state index is 12.5. The van der Waals surface area contributed by atoms with Crippen LogP contribution in [-0.4, -0.2) is 46.5 Å². The second kappa shape index (κ2) is 13.2. The maximum Gasteiger partial charge on any atom is 0.416 e. The van der Waals surface area contributed by atoms with Crippen LogP contribution in [0.5, 0.6) is 0 Å². The quantitative estimate of drug-likeness (QED) is 0.250. The number of guanidine groups is 1. The highest BCUT2D eigenvalue weighted by atomic mass is 127. The van der Waals surface area contributed by atoms with Crippen molar-refractivity contribution >= 4 is 29.9 Å². The van der Waals surface area contributed by atoms with Gasteiger partial charge in [0.25, 0.3) is 0 Å². The van der Waals surface area contributed by atoms with E-state index in [1.54, 1.807) is 14.2 Å². The van der Waals surface area contributed by atoms with Crippen molar-refractivity contribution < 1.29 is 22.6 Å². The predicted molar refractivity (Wildman–Crippen MR) is 102 cm³/mol. The van der Waals surface area contributed by atoms with Gasteiger partial charge in [-0.2, -0.15) is 13.2 Å². The van der Waals surface area contributed by atoms with Crippen LogP contribution in [0.25, 0.3) is 0 Å². The van der Waals surface area contributed by atoms with Crippen LogP contribution >= 0.6 is 24.0 Å². The van der Waals surface area contributed by atoms with Gasteiger partial charge in [0.2, 0.25) is 0 Å². The van der Waals surface area contributed by atoms with Gasteiger partial charge >= 0.3 is 6.18 Å². The van der Waals surface area contributed by atoms with E-state index < -0.39 is 11.7 Å². The largest absolute Gasteiger partial charge is 0.416 e. The highest BCUT2D eigenvalue weighted by Crippen LogP contribution is 2.28. The molecule has 0 aliphatic rings.